The van der Waals surface area contributed by atoms with Crippen LogP contribution >= 0.6 is 0 Å². The lowest BCUT2D eigenvalue weighted by Crippen LogP contribution is -2.17. The van der Waals surface area contributed by atoms with E-state index in [1.54, 1.807) is 12.1 Å². The van der Waals surface area contributed by atoms with Gasteiger partial charge in [0.15, 0.2) is 5.78 Å². The molecular weight excluding hydrogens is 314 g/mol. The van der Waals surface area contributed by atoms with E-state index < -0.39 is 17.8 Å². The number of carboxylic acids is 2. The minimum Gasteiger partial charge on any atom is -0.478 e. The average Bonchev–Trinajstić information content (AvgIpc) is 2.54. The van der Waals surface area contributed by atoms with Crippen molar-refractivity contribution >= 4 is 29.3 Å². The Labute approximate surface area is 136 Å². The van der Waals surface area contributed by atoms with Crippen molar-refractivity contribution in [3.05, 3.63) is 64.7 Å². The molecule has 0 heterocycles. The maximum atomic E-state index is 12.3. The number of ketones is 1. The number of aromatic carboxylic acids is 2. The molecule has 3 N–H and O–H groups in total. The quantitative estimate of drug-likeness (QED) is 0.726. The molecule has 0 unspecified atom stereocenters. The van der Waals surface area contributed by atoms with Gasteiger partial charge in [0.05, 0.1) is 16.7 Å². The minimum absolute atomic E-state index is 0.190. The zero-order valence-electron chi connectivity index (χ0n) is 12.6. The van der Waals surface area contributed by atoms with Crippen LogP contribution in [0.1, 0.15) is 48.4 Å². The van der Waals surface area contributed by atoms with Crippen LogP contribution < -0.4 is 5.32 Å². The number of hydrogen-bond donors (Lipinski definition) is 3. The molecule has 0 atom stereocenters. The Morgan fingerprint density at radius 2 is 1.54 bits per heavy atom. The second-order valence-corrected chi connectivity index (χ2v) is 4.96. The van der Waals surface area contributed by atoms with Crippen LogP contribution in [0.2, 0.25) is 0 Å². The van der Waals surface area contributed by atoms with Crippen LogP contribution in [0, 0.1) is 0 Å². The number of hydrogen-bond acceptors (Lipinski definition) is 4. The summed E-state index contributed by atoms with van der Waals surface area (Å²) in [6.45, 7) is 1.37. The number of anilines is 1. The first-order chi connectivity index (χ1) is 11.3. The standard InChI is InChI=1S/C17H13NO6/c1-9(19)10-3-2-4-12(7-10)18-15(20)14-8-11(16(21)22)5-6-13(14)17(23)24/h2-8H,1H3,(H,18,20)(H,21,22)(H,23,24). The highest BCUT2D eigenvalue weighted by Crippen LogP contribution is 2.17. The number of carbonyl (C=O) groups is 4. The van der Waals surface area contributed by atoms with E-state index in [-0.39, 0.29) is 22.5 Å². The zero-order chi connectivity index (χ0) is 17.9. The number of carbonyl (C=O) groups excluding carboxylic acids is 2. The molecular formula is C17H13NO6. The van der Waals surface area contributed by atoms with Gasteiger partial charge in [0.25, 0.3) is 5.91 Å². The maximum Gasteiger partial charge on any atom is 0.336 e. The molecule has 0 saturated carbocycles. The molecule has 24 heavy (non-hydrogen) atoms. The topological polar surface area (TPSA) is 121 Å². The van der Waals surface area contributed by atoms with Gasteiger partial charge in [-0.25, -0.2) is 9.59 Å². The number of carboxylic acid groups (broad SMARTS) is 2. The Bertz CT molecular complexity index is 856. The summed E-state index contributed by atoms with van der Waals surface area (Å²) in [5, 5.41) is 20.6. The number of nitrogens with one attached hydrogen (secondary N) is 1. The molecule has 2 aromatic carbocycles. The van der Waals surface area contributed by atoms with Gasteiger partial charge in [-0.2, -0.15) is 0 Å². The SMILES string of the molecule is CC(=O)c1cccc(NC(=O)c2cc(C(=O)O)ccc2C(=O)O)c1. The first kappa shape index (κ1) is 16.9. The Morgan fingerprint density at radius 3 is 2.12 bits per heavy atom. The highest BCUT2D eigenvalue weighted by atomic mass is 16.4. The molecule has 122 valence electrons. The lowest BCUT2D eigenvalue weighted by molar-refractivity contribution is 0.0679. The number of rotatable bonds is 5. The fraction of sp³-hybridized carbons (Fsp3) is 0.0588. The molecule has 0 aromatic heterocycles. The second kappa shape index (κ2) is 6.74. The van der Waals surface area contributed by atoms with Gasteiger partial charge in [-0.3, -0.25) is 9.59 Å². The fourth-order valence-electron chi connectivity index (χ4n) is 2.07. The molecule has 0 bridgehead atoms. The van der Waals surface area contributed by atoms with E-state index in [2.05, 4.69) is 5.32 Å². The monoisotopic (exact) mass is 327 g/mol. The Balaban J connectivity index is 2.40. The van der Waals surface area contributed by atoms with Gasteiger partial charge in [-0.15, -0.1) is 0 Å². The highest BCUT2D eigenvalue weighted by molar-refractivity contribution is 6.12. The minimum atomic E-state index is -1.35. The Hall–Kier alpha value is -3.48. The van der Waals surface area contributed by atoms with E-state index in [0.29, 0.717) is 11.3 Å². The van der Waals surface area contributed by atoms with Gasteiger partial charge in [0.1, 0.15) is 0 Å². The largest absolute Gasteiger partial charge is 0.478 e. The van der Waals surface area contributed by atoms with Crippen LogP contribution in [0.5, 0.6) is 0 Å². The fourth-order valence-corrected chi connectivity index (χ4v) is 2.07. The van der Waals surface area contributed by atoms with Crippen molar-refractivity contribution in [1.29, 1.82) is 0 Å². The molecule has 0 aliphatic heterocycles. The van der Waals surface area contributed by atoms with E-state index in [9.17, 15) is 19.2 Å². The third-order valence-corrected chi connectivity index (χ3v) is 3.27. The van der Waals surface area contributed by atoms with Gasteiger partial charge < -0.3 is 15.5 Å². The third kappa shape index (κ3) is 3.64. The zero-order valence-corrected chi connectivity index (χ0v) is 12.6. The summed E-state index contributed by atoms with van der Waals surface area (Å²) in [7, 11) is 0. The second-order valence-electron chi connectivity index (χ2n) is 4.96. The van der Waals surface area contributed by atoms with Crippen molar-refractivity contribution in [1.82, 2.24) is 0 Å². The average molecular weight is 327 g/mol. The van der Waals surface area contributed by atoms with Crippen LogP contribution in [0.4, 0.5) is 5.69 Å². The van der Waals surface area contributed by atoms with Crippen LogP contribution in [0.25, 0.3) is 0 Å². The van der Waals surface area contributed by atoms with E-state index in [1.807, 2.05) is 0 Å². The molecule has 1 amide bonds. The third-order valence-electron chi connectivity index (χ3n) is 3.27. The Kier molecular flexibility index (Phi) is 4.74. The van der Waals surface area contributed by atoms with Gasteiger partial charge in [0.2, 0.25) is 0 Å². The first-order valence-corrected chi connectivity index (χ1v) is 6.82. The lowest BCUT2D eigenvalue weighted by atomic mass is 10.0. The summed E-state index contributed by atoms with van der Waals surface area (Å²) < 4.78 is 0. The van der Waals surface area contributed by atoms with Gasteiger partial charge >= 0.3 is 11.9 Å². The van der Waals surface area contributed by atoms with Gasteiger partial charge in [-0.05, 0) is 37.3 Å². The molecule has 0 fully saturated rings. The van der Waals surface area contributed by atoms with Crippen molar-refractivity contribution in [2.75, 3.05) is 5.32 Å². The predicted molar refractivity (Wildman–Crippen MR) is 84.8 cm³/mol. The normalized spacial score (nSPS) is 10.0. The molecule has 0 aliphatic carbocycles. The molecule has 0 saturated heterocycles. The molecule has 0 spiro atoms. The lowest BCUT2D eigenvalue weighted by Gasteiger charge is -2.09. The van der Waals surface area contributed by atoms with Crippen molar-refractivity contribution in [2.45, 2.75) is 6.92 Å². The number of benzene rings is 2. The van der Waals surface area contributed by atoms with Crippen LogP contribution in [-0.2, 0) is 0 Å². The van der Waals surface area contributed by atoms with Crippen molar-refractivity contribution < 1.29 is 29.4 Å². The summed E-state index contributed by atoms with van der Waals surface area (Å²) in [6, 6.07) is 9.29. The van der Waals surface area contributed by atoms with E-state index in [4.69, 9.17) is 10.2 Å². The molecule has 0 radical (unpaired) electrons. The van der Waals surface area contributed by atoms with Crippen LogP contribution in [0.15, 0.2) is 42.5 Å². The van der Waals surface area contributed by atoms with Crippen molar-refractivity contribution in [2.24, 2.45) is 0 Å². The molecule has 7 heteroatoms. The van der Waals surface area contributed by atoms with E-state index in [0.717, 1.165) is 18.2 Å². The molecule has 7 nitrogen and oxygen atoms in total. The van der Waals surface area contributed by atoms with Gasteiger partial charge in [0, 0.05) is 11.3 Å². The summed E-state index contributed by atoms with van der Waals surface area (Å²) in [6.07, 6.45) is 0. The summed E-state index contributed by atoms with van der Waals surface area (Å²) in [5.41, 5.74) is -0.131. The number of amides is 1. The molecule has 0 aliphatic rings. The summed E-state index contributed by atoms with van der Waals surface area (Å²) >= 11 is 0. The smallest absolute Gasteiger partial charge is 0.336 e. The van der Waals surface area contributed by atoms with Crippen molar-refractivity contribution in [3.63, 3.8) is 0 Å². The van der Waals surface area contributed by atoms with Crippen LogP contribution in [-0.4, -0.2) is 33.8 Å². The first-order valence-electron chi connectivity index (χ1n) is 6.82. The van der Waals surface area contributed by atoms with E-state index >= 15 is 0 Å². The maximum absolute atomic E-state index is 12.3. The summed E-state index contributed by atoms with van der Waals surface area (Å²) in [4.78, 5) is 46.0. The molecule has 2 rings (SSSR count). The molecule has 2 aromatic rings. The highest BCUT2D eigenvalue weighted by Gasteiger charge is 2.19. The Morgan fingerprint density at radius 1 is 0.833 bits per heavy atom. The van der Waals surface area contributed by atoms with E-state index in [1.165, 1.54) is 19.1 Å². The summed E-state index contributed by atoms with van der Waals surface area (Å²) in [5.74, 6) is -3.60. The predicted octanol–water partition coefficient (Wildman–Crippen LogP) is 2.54. The van der Waals surface area contributed by atoms with Gasteiger partial charge in [-0.1, -0.05) is 12.1 Å². The number of Topliss-reactive ketones (excluding diaryl/α,β-unsaturated/α-hetero) is 1. The van der Waals surface area contributed by atoms with Crippen molar-refractivity contribution in [3.8, 4) is 0 Å². The van der Waals surface area contributed by atoms with Crippen LogP contribution in [0.3, 0.4) is 0 Å².